The Morgan fingerprint density at radius 1 is 1.00 bits per heavy atom. The van der Waals surface area contributed by atoms with Crippen molar-refractivity contribution in [2.45, 2.75) is 13.5 Å². The van der Waals surface area contributed by atoms with E-state index in [9.17, 15) is 4.79 Å². The van der Waals surface area contributed by atoms with E-state index in [0.717, 1.165) is 16.8 Å². The lowest BCUT2D eigenvalue weighted by molar-refractivity contribution is 0.0945. The summed E-state index contributed by atoms with van der Waals surface area (Å²) < 4.78 is 0. The number of hydrogen-bond acceptors (Lipinski definition) is 4. The van der Waals surface area contributed by atoms with E-state index in [1.165, 1.54) is 0 Å². The van der Waals surface area contributed by atoms with Gasteiger partial charge in [-0.05, 0) is 54.4 Å². The monoisotopic (exact) mass is 352 g/mol. The highest BCUT2D eigenvalue weighted by molar-refractivity contribution is 6.30. The molecule has 0 unspecified atom stereocenters. The number of nitrogens with one attached hydrogen (secondary N) is 2. The second-order valence-electron chi connectivity index (χ2n) is 5.54. The summed E-state index contributed by atoms with van der Waals surface area (Å²) in [6, 6.07) is 18.5. The first-order valence-corrected chi connectivity index (χ1v) is 8.18. The molecular weight excluding hydrogens is 336 g/mol. The minimum atomic E-state index is -0.256. The molecule has 3 aromatic rings. The quantitative estimate of drug-likeness (QED) is 0.725. The van der Waals surface area contributed by atoms with Gasteiger partial charge in [0.1, 0.15) is 0 Å². The van der Waals surface area contributed by atoms with Gasteiger partial charge in [-0.15, -0.1) is 10.2 Å². The third-order valence-electron chi connectivity index (χ3n) is 3.71. The Hall–Kier alpha value is -2.92. The molecule has 0 atom stereocenters. The van der Waals surface area contributed by atoms with Crippen LogP contribution < -0.4 is 10.6 Å². The van der Waals surface area contributed by atoms with E-state index in [2.05, 4.69) is 20.8 Å². The summed E-state index contributed by atoms with van der Waals surface area (Å²) in [5.74, 6) is 0.298. The molecule has 0 aliphatic heterocycles. The van der Waals surface area contributed by atoms with E-state index in [-0.39, 0.29) is 11.6 Å². The van der Waals surface area contributed by atoms with Gasteiger partial charge in [0, 0.05) is 17.3 Å². The summed E-state index contributed by atoms with van der Waals surface area (Å²) in [6.45, 7) is 2.47. The predicted octanol–water partition coefficient (Wildman–Crippen LogP) is 4.11. The summed E-state index contributed by atoms with van der Waals surface area (Å²) in [7, 11) is 0. The average molecular weight is 353 g/mol. The molecule has 0 saturated carbocycles. The summed E-state index contributed by atoms with van der Waals surface area (Å²) >= 11 is 5.85. The van der Waals surface area contributed by atoms with Crippen molar-refractivity contribution in [1.82, 2.24) is 15.5 Å². The minimum absolute atomic E-state index is 0.256. The second-order valence-corrected chi connectivity index (χ2v) is 5.98. The van der Waals surface area contributed by atoms with E-state index < -0.39 is 0 Å². The Labute approximate surface area is 151 Å². The van der Waals surface area contributed by atoms with Gasteiger partial charge in [0.25, 0.3) is 5.91 Å². The molecule has 6 heteroatoms. The Morgan fingerprint density at radius 3 is 2.44 bits per heavy atom. The van der Waals surface area contributed by atoms with E-state index in [4.69, 9.17) is 11.6 Å². The molecule has 5 nitrogen and oxygen atoms in total. The molecule has 2 N–H and O–H groups in total. The molecule has 0 fully saturated rings. The minimum Gasteiger partial charge on any atom is -0.347 e. The number of aromatic nitrogens is 2. The standard InChI is InChI=1S/C19H17ClN4O/c1-13-4-2-3-5-14(13)12-21-19(25)17-10-11-18(24-23-17)22-16-8-6-15(20)7-9-16/h2-11H,12H2,1H3,(H,21,25)(H,22,24). The number of aryl methyl sites for hydroxylation is 1. The molecule has 3 rings (SSSR count). The molecule has 1 heterocycles. The van der Waals surface area contributed by atoms with Gasteiger partial charge in [0.2, 0.25) is 0 Å². The third kappa shape index (κ3) is 4.55. The Balaban J connectivity index is 1.60. The van der Waals surface area contributed by atoms with Crippen molar-refractivity contribution in [3.8, 4) is 0 Å². The van der Waals surface area contributed by atoms with Gasteiger partial charge in [-0.1, -0.05) is 35.9 Å². The lowest BCUT2D eigenvalue weighted by Crippen LogP contribution is -2.24. The van der Waals surface area contributed by atoms with Crippen molar-refractivity contribution in [2.24, 2.45) is 0 Å². The van der Waals surface area contributed by atoms with Crippen LogP contribution in [0.15, 0.2) is 60.7 Å². The van der Waals surface area contributed by atoms with E-state index in [1.807, 2.05) is 43.3 Å². The van der Waals surface area contributed by atoms with Gasteiger partial charge >= 0.3 is 0 Å². The molecule has 2 aromatic carbocycles. The number of rotatable bonds is 5. The number of anilines is 2. The lowest BCUT2D eigenvalue weighted by Gasteiger charge is -2.08. The SMILES string of the molecule is Cc1ccccc1CNC(=O)c1ccc(Nc2ccc(Cl)cc2)nn1. The maximum atomic E-state index is 12.2. The van der Waals surface area contributed by atoms with E-state index >= 15 is 0 Å². The van der Waals surface area contributed by atoms with Crippen LogP contribution in [0.3, 0.4) is 0 Å². The fourth-order valence-corrected chi connectivity index (χ4v) is 2.40. The fourth-order valence-electron chi connectivity index (χ4n) is 2.28. The summed E-state index contributed by atoms with van der Waals surface area (Å²) in [5.41, 5.74) is 3.33. The Morgan fingerprint density at radius 2 is 1.76 bits per heavy atom. The highest BCUT2D eigenvalue weighted by atomic mass is 35.5. The van der Waals surface area contributed by atoms with Gasteiger partial charge in [0.15, 0.2) is 11.5 Å². The van der Waals surface area contributed by atoms with E-state index in [0.29, 0.717) is 17.4 Å². The highest BCUT2D eigenvalue weighted by Gasteiger charge is 2.08. The smallest absolute Gasteiger partial charge is 0.272 e. The highest BCUT2D eigenvalue weighted by Crippen LogP contribution is 2.17. The lowest BCUT2D eigenvalue weighted by atomic mass is 10.1. The van der Waals surface area contributed by atoms with Gasteiger partial charge in [0.05, 0.1) is 0 Å². The van der Waals surface area contributed by atoms with Crippen LogP contribution in [0.5, 0.6) is 0 Å². The molecule has 1 amide bonds. The van der Waals surface area contributed by atoms with Crippen molar-refractivity contribution in [3.05, 3.63) is 82.5 Å². The maximum absolute atomic E-state index is 12.2. The van der Waals surface area contributed by atoms with Crippen LogP contribution in [0.4, 0.5) is 11.5 Å². The zero-order valence-corrected chi connectivity index (χ0v) is 14.4. The fraction of sp³-hybridized carbons (Fsp3) is 0.105. The molecule has 0 aliphatic rings. The first-order chi connectivity index (χ1) is 12.1. The third-order valence-corrected chi connectivity index (χ3v) is 3.97. The number of carbonyl (C=O) groups is 1. The van der Waals surface area contributed by atoms with Crippen LogP contribution in [0.25, 0.3) is 0 Å². The number of nitrogens with zero attached hydrogens (tertiary/aromatic N) is 2. The molecule has 25 heavy (non-hydrogen) atoms. The molecule has 0 bridgehead atoms. The van der Waals surface area contributed by atoms with Crippen molar-refractivity contribution >= 4 is 29.0 Å². The number of halogens is 1. The Bertz CT molecular complexity index is 863. The second kappa shape index (κ2) is 7.77. The van der Waals surface area contributed by atoms with E-state index in [1.54, 1.807) is 24.3 Å². The zero-order valence-electron chi connectivity index (χ0n) is 13.7. The summed E-state index contributed by atoms with van der Waals surface area (Å²) in [4.78, 5) is 12.2. The maximum Gasteiger partial charge on any atom is 0.272 e. The molecule has 0 radical (unpaired) electrons. The normalized spacial score (nSPS) is 10.3. The average Bonchev–Trinajstić information content (AvgIpc) is 2.63. The first kappa shape index (κ1) is 16.9. The van der Waals surface area contributed by atoms with Crippen molar-refractivity contribution in [1.29, 1.82) is 0 Å². The molecular formula is C19H17ClN4O. The van der Waals surface area contributed by atoms with Gasteiger partial charge in [-0.2, -0.15) is 0 Å². The van der Waals surface area contributed by atoms with Gasteiger partial charge in [-0.25, -0.2) is 0 Å². The molecule has 0 spiro atoms. The van der Waals surface area contributed by atoms with Crippen molar-refractivity contribution < 1.29 is 4.79 Å². The van der Waals surface area contributed by atoms with Crippen LogP contribution >= 0.6 is 11.6 Å². The number of amides is 1. The first-order valence-electron chi connectivity index (χ1n) is 7.81. The molecule has 126 valence electrons. The number of benzene rings is 2. The molecule has 0 aliphatic carbocycles. The Kier molecular flexibility index (Phi) is 5.26. The number of hydrogen-bond donors (Lipinski definition) is 2. The van der Waals surface area contributed by atoms with Gasteiger partial charge in [-0.3, -0.25) is 4.79 Å². The summed E-state index contributed by atoms with van der Waals surface area (Å²) in [5, 5.41) is 14.6. The van der Waals surface area contributed by atoms with Crippen LogP contribution in [-0.4, -0.2) is 16.1 Å². The topological polar surface area (TPSA) is 66.9 Å². The van der Waals surface area contributed by atoms with Crippen molar-refractivity contribution in [3.63, 3.8) is 0 Å². The van der Waals surface area contributed by atoms with Crippen LogP contribution in [0.2, 0.25) is 5.02 Å². The van der Waals surface area contributed by atoms with Crippen LogP contribution in [-0.2, 0) is 6.54 Å². The predicted molar refractivity (Wildman–Crippen MR) is 99.1 cm³/mol. The zero-order chi connectivity index (χ0) is 17.6. The molecule has 0 saturated heterocycles. The van der Waals surface area contributed by atoms with Crippen LogP contribution in [0.1, 0.15) is 21.6 Å². The van der Waals surface area contributed by atoms with Crippen molar-refractivity contribution in [2.75, 3.05) is 5.32 Å². The van der Waals surface area contributed by atoms with Crippen LogP contribution in [0, 0.1) is 6.92 Å². The number of carbonyl (C=O) groups excluding carboxylic acids is 1. The molecule has 1 aromatic heterocycles. The largest absolute Gasteiger partial charge is 0.347 e. The summed E-state index contributed by atoms with van der Waals surface area (Å²) in [6.07, 6.45) is 0. The van der Waals surface area contributed by atoms with Gasteiger partial charge < -0.3 is 10.6 Å².